The van der Waals surface area contributed by atoms with Crippen LogP contribution in [0.5, 0.6) is 11.5 Å². The summed E-state index contributed by atoms with van der Waals surface area (Å²) < 4.78 is 12.0. The molecule has 0 aliphatic carbocycles. The van der Waals surface area contributed by atoms with Gasteiger partial charge in [0.05, 0.1) is 11.3 Å². The minimum absolute atomic E-state index is 0.137. The van der Waals surface area contributed by atoms with E-state index in [1.165, 1.54) is 0 Å². The van der Waals surface area contributed by atoms with Gasteiger partial charge >= 0.3 is 0 Å². The second-order valence-corrected chi connectivity index (χ2v) is 8.72. The molecular formula is C25H20Cl2N2O3. The number of ether oxygens (including phenoxy) is 2. The number of allylic oxidation sites excluding steroid dienone is 1. The van der Waals surface area contributed by atoms with Crippen molar-refractivity contribution < 1.29 is 14.3 Å². The predicted molar refractivity (Wildman–Crippen MR) is 124 cm³/mol. The fourth-order valence-electron chi connectivity index (χ4n) is 4.04. The number of nitrogens with zero attached hydrogens (tertiary/aromatic N) is 2. The molecule has 0 saturated heterocycles. The summed E-state index contributed by atoms with van der Waals surface area (Å²) in [5.74, 6) is 1.49. The average molecular weight is 467 g/mol. The van der Waals surface area contributed by atoms with E-state index in [4.69, 9.17) is 32.7 Å². The molecule has 0 bridgehead atoms. The second kappa shape index (κ2) is 8.58. The van der Waals surface area contributed by atoms with Gasteiger partial charge in [0, 0.05) is 46.5 Å². The standard InChI is InChI=1S/C25H20Cl2N2O3/c1-15-24-17(13-29(14-31-24)9-7-16-5-6-18(26)11-21(16)27)10-20-23(30)22(32-25(15)20)12-19-4-2-3-8-28-19/h2-6,8,10-12H,7,9,13-14H2,1H3/b22-12-. The lowest BCUT2D eigenvalue weighted by Crippen LogP contribution is -2.34. The van der Waals surface area contributed by atoms with Crippen molar-refractivity contribution >= 4 is 35.1 Å². The number of carbonyl (C=O) groups is 1. The van der Waals surface area contributed by atoms with Crippen LogP contribution in [-0.4, -0.2) is 28.9 Å². The first kappa shape index (κ1) is 21.0. The minimum atomic E-state index is -0.137. The first-order valence-electron chi connectivity index (χ1n) is 10.3. The third kappa shape index (κ3) is 3.99. The van der Waals surface area contributed by atoms with Gasteiger partial charge in [-0.1, -0.05) is 35.3 Å². The Morgan fingerprint density at radius 1 is 1.16 bits per heavy atom. The number of aromatic nitrogens is 1. The molecule has 0 spiro atoms. The van der Waals surface area contributed by atoms with Gasteiger partial charge in [-0.15, -0.1) is 0 Å². The van der Waals surface area contributed by atoms with Gasteiger partial charge in [-0.2, -0.15) is 0 Å². The van der Waals surface area contributed by atoms with E-state index >= 15 is 0 Å². The Kier molecular flexibility index (Phi) is 5.64. The largest absolute Gasteiger partial charge is 0.477 e. The normalized spacial score (nSPS) is 16.5. The highest BCUT2D eigenvalue weighted by Crippen LogP contribution is 2.43. The van der Waals surface area contributed by atoms with Gasteiger partial charge in [-0.3, -0.25) is 14.7 Å². The van der Waals surface area contributed by atoms with Crippen molar-refractivity contribution in [1.82, 2.24) is 9.88 Å². The van der Waals surface area contributed by atoms with Crippen molar-refractivity contribution in [3.8, 4) is 11.5 Å². The summed E-state index contributed by atoms with van der Waals surface area (Å²) in [7, 11) is 0. The SMILES string of the molecule is Cc1c2c(cc3c1O/C(=C\c1ccccn1)C3=O)CN(CCc1ccc(Cl)cc1Cl)CO2. The Morgan fingerprint density at radius 3 is 2.81 bits per heavy atom. The van der Waals surface area contributed by atoms with Crippen LogP contribution >= 0.6 is 23.2 Å². The van der Waals surface area contributed by atoms with Crippen LogP contribution in [0, 0.1) is 6.92 Å². The molecule has 7 heteroatoms. The zero-order valence-corrected chi connectivity index (χ0v) is 18.9. The zero-order valence-electron chi connectivity index (χ0n) is 17.4. The van der Waals surface area contributed by atoms with Crippen molar-refractivity contribution in [2.45, 2.75) is 19.9 Å². The minimum Gasteiger partial charge on any atom is -0.477 e. The number of hydrogen-bond donors (Lipinski definition) is 0. The summed E-state index contributed by atoms with van der Waals surface area (Å²) in [4.78, 5) is 19.4. The van der Waals surface area contributed by atoms with E-state index in [-0.39, 0.29) is 11.5 Å². The molecule has 32 heavy (non-hydrogen) atoms. The Balaban J connectivity index is 1.35. The summed E-state index contributed by atoms with van der Waals surface area (Å²) in [5, 5.41) is 1.29. The van der Waals surface area contributed by atoms with Gasteiger partial charge in [0.1, 0.15) is 18.2 Å². The molecule has 0 fully saturated rings. The van der Waals surface area contributed by atoms with Crippen LogP contribution in [0.1, 0.15) is 32.7 Å². The number of fused-ring (bicyclic) bond motifs is 2. The molecule has 1 aromatic heterocycles. The molecule has 5 nitrogen and oxygen atoms in total. The van der Waals surface area contributed by atoms with Crippen molar-refractivity contribution in [2.24, 2.45) is 0 Å². The maximum absolute atomic E-state index is 13.0. The predicted octanol–water partition coefficient (Wildman–Crippen LogP) is 5.71. The highest BCUT2D eigenvalue weighted by atomic mass is 35.5. The van der Waals surface area contributed by atoms with Crippen LogP contribution in [0.3, 0.4) is 0 Å². The van der Waals surface area contributed by atoms with E-state index in [9.17, 15) is 4.79 Å². The van der Waals surface area contributed by atoms with Crippen molar-refractivity contribution in [2.75, 3.05) is 13.3 Å². The summed E-state index contributed by atoms with van der Waals surface area (Å²) in [6.45, 7) is 3.84. The molecule has 3 heterocycles. The third-order valence-corrected chi connectivity index (χ3v) is 6.27. The zero-order chi connectivity index (χ0) is 22.2. The smallest absolute Gasteiger partial charge is 0.232 e. The van der Waals surface area contributed by atoms with E-state index in [1.54, 1.807) is 18.3 Å². The molecule has 2 aliphatic rings. The van der Waals surface area contributed by atoms with E-state index in [2.05, 4.69) is 9.88 Å². The van der Waals surface area contributed by atoms with E-state index in [0.717, 1.165) is 35.4 Å². The molecule has 0 amide bonds. The highest BCUT2D eigenvalue weighted by molar-refractivity contribution is 6.35. The number of pyridine rings is 1. The van der Waals surface area contributed by atoms with Crippen molar-refractivity contribution in [1.29, 1.82) is 0 Å². The average Bonchev–Trinajstić information content (AvgIpc) is 3.09. The fourth-order valence-corrected chi connectivity index (χ4v) is 4.54. The van der Waals surface area contributed by atoms with Gasteiger partial charge in [0.15, 0.2) is 5.76 Å². The maximum atomic E-state index is 13.0. The first-order valence-corrected chi connectivity index (χ1v) is 11.1. The molecule has 5 rings (SSSR count). The number of Topliss-reactive ketones (excluding diaryl/α,β-unsaturated/α-hetero) is 1. The van der Waals surface area contributed by atoms with Crippen LogP contribution in [0.25, 0.3) is 6.08 Å². The van der Waals surface area contributed by atoms with Gasteiger partial charge in [-0.05, 0) is 49.2 Å². The van der Waals surface area contributed by atoms with Crippen LogP contribution < -0.4 is 9.47 Å². The molecule has 2 aliphatic heterocycles. The van der Waals surface area contributed by atoms with E-state index < -0.39 is 0 Å². The maximum Gasteiger partial charge on any atom is 0.232 e. The van der Waals surface area contributed by atoms with Gasteiger partial charge < -0.3 is 9.47 Å². The van der Waals surface area contributed by atoms with Gasteiger partial charge in [-0.25, -0.2) is 0 Å². The van der Waals surface area contributed by atoms with Crippen molar-refractivity contribution in [3.63, 3.8) is 0 Å². The van der Waals surface area contributed by atoms with Crippen LogP contribution in [0.4, 0.5) is 0 Å². The van der Waals surface area contributed by atoms with Crippen LogP contribution in [0.2, 0.25) is 10.0 Å². The van der Waals surface area contributed by atoms with Crippen LogP contribution in [-0.2, 0) is 13.0 Å². The monoisotopic (exact) mass is 466 g/mol. The summed E-state index contributed by atoms with van der Waals surface area (Å²) in [6, 6.07) is 13.0. The Morgan fingerprint density at radius 2 is 2.03 bits per heavy atom. The van der Waals surface area contributed by atoms with Gasteiger partial charge in [0.2, 0.25) is 5.78 Å². The summed E-state index contributed by atoms with van der Waals surface area (Å²) in [6.07, 6.45) is 4.13. The number of rotatable bonds is 4. The molecule has 3 aromatic rings. The van der Waals surface area contributed by atoms with Crippen LogP contribution in [0.15, 0.2) is 54.4 Å². The van der Waals surface area contributed by atoms with E-state index in [1.807, 2.05) is 43.3 Å². The summed E-state index contributed by atoms with van der Waals surface area (Å²) >= 11 is 12.3. The number of carbonyl (C=O) groups excluding carboxylic acids is 1. The molecule has 2 aromatic carbocycles. The number of benzene rings is 2. The molecule has 0 unspecified atom stereocenters. The third-order valence-electron chi connectivity index (χ3n) is 5.68. The molecule has 0 atom stereocenters. The number of hydrogen-bond acceptors (Lipinski definition) is 5. The molecular weight excluding hydrogens is 447 g/mol. The lowest BCUT2D eigenvalue weighted by Gasteiger charge is -2.30. The lowest BCUT2D eigenvalue weighted by atomic mass is 10.00. The molecule has 0 radical (unpaired) electrons. The fraction of sp³-hybridized carbons (Fsp3) is 0.200. The molecule has 0 saturated carbocycles. The molecule has 0 N–H and O–H groups in total. The second-order valence-electron chi connectivity index (χ2n) is 7.87. The summed E-state index contributed by atoms with van der Waals surface area (Å²) in [5.41, 5.74) is 4.10. The first-order chi connectivity index (χ1) is 15.5. The Bertz CT molecular complexity index is 1240. The number of ketones is 1. The van der Waals surface area contributed by atoms with Crippen molar-refractivity contribution in [3.05, 3.63) is 92.4 Å². The Hall–Kier alpha value is -2.86. The number of halogens is 2. The topological polar surface area (TPSA) is 51.7 Å². The van der Waals surface area contributed by atoms with E-state index in [0.29, 0.717) is 40.3 Å². The highest BCUT2D eigenvalue weighted by Gasteiger charge is 2.33. The lowest BCUT2D eigenvalue weighted by molar-refractivity contribution is 0.0954. The quantitative estimate of drug-likeness (QED) is 0.461. The Labute approximate surface area is 196 Å². The molecule has 162 valence electrons. The van der Waals surface area contributed by atoms with Gasteiger partial charge in [0.25, 0.3) is 0 Å².